The van der Waals surface area contributed by atoms with E-state index in [1.54, 1.807) is 35.1 Å². The first kappa shape index (κ1) is 15.1. The largest absolute Gasteiger partial charge is 0.485 e. The fourth-order valence-corrected chi connectivity index (χ4v) is 2.44. The van der Waals surface area contributed by atoms with Crippen molar-refractivity contribution in [2.75, 3.05) is 6.61 Å². The van der Waals surface area contributed by atoms with Crippen molar-refractivity contribution in [3.8, 4) is 5.75 Å². The molecule has 0 amide bonds. The maximum absolute atomic E-state index is 12.3. The Balaban J connectivity index is 2.11. The summed E-state index contributed by atoms with van der Waals surface area (Å²) >= 11 is 9.21. The predicted molar refractivity (Wildman–Crippen MR) is 81.6 cm³/mol. The average molecular weight is 358 g/mol. The Bertz CT molecular complexity index is 625. The van der Waals surface area contributed by atoms with Crippen LogP contribution in [0.4, 0.5) is 0 Å². The second-order valence-corrected chi connectivity index (χ2v) is 5.84. The van der Waals surface area contributed by atoms with E-state index in [1.165, 1.54) is 0 Å². The van der Waals surface area contributed by atoms with Crippen LogP contribution in [0.1, 0.15) is 30.4 Å². The average Bonchev–Trinajstić information content (AvgIpc) is 2.78. The zero-order valence-electron chi connectivity index (χ0n) is 11.1. The van der Waals surface area contributed by atoms with Crippen LogP contribution < -0.4 is 4.74 Å². The van der Waals surface area contributed by atoms with Crippen LogP contribution in [-0.4, -0.2) is 22.2 Å². The van der Waals surface area contributed by atoms with Gasteiger partial charge in [0, 0.05) is 11.1 Å². The van der Waals surface area contributed by atoms with Gasteiger partial charge >= 0.3 is 0 Å². The number of hydrogen-bond acceptors (Lipinski definition) is 3. The molecule has 0 aliphatic rings. The van der Waals surface area contributed by atoms with Gasteiger partial charge in [-0.15, -0.1) is 0 Å². The van der Waals surface area contributed by atoms with Crippen LogP contribution in [0.25, 0.3) is 0 Å². The van der Waals surface area contributed by atoms with Crippen molar-refractivity contribution in [1.29, 1.82) is 0 Å². The molecular weight excluding hydrogens is 344 g/mol. The monoisotopic (exact) mass is 356 g/mol. The van der Waals surface area contributed by atoms with Gasteiger partial charge in [0.15, 0.2) is 6.61 Å². The molecular formula is C14H14BrClN2O2. The smallest absolute Gasteiger partial charge is 0.219 e. The van der Waals surface area contributed by atoms with E-state index in [9.17, 15) is 4.79 Å². The number of Topliss-reactive ketones (excluding diaryl/α,β-unsaturated/α-hetero) is 1. The lowest BCUT2D eigenvalue weighted by Crippen LogP contribution is -2.18. The van der Waals surface area contributed by atoms with Gasteiger partial charge in [0.05, 0.1) is 10.7 Å². The zero-order chi connectivity index (χ0) is 14.7. The summed E-state index contributed by atoms with van der Waals surface area (Å²) in [4.78, 5) is 12.3. The number of aromatic nitrogens is 2. The maximum atomic E-state index is 12.3. The minimum Gasteiger partial charge on any atom is -0.485 e. The number of halogens is 2. The number of rotatable bonds is 5. The number of benzene rings is 1. The number of ketones is 1. The summed E-state index contributed by atoms with van der Waals surface area (Å²) in [5.41, 5.74) is 0.516. The van der Waals surface area contributed by atoms with Crippen LogP contribution in [0.2, 0.25) is 5.02 Å². The van der Waals surface area contributed by atoms with Crippen LogP contribution >= 0.6 is 27.5 Å². The first-order chi connectivity index (χ1) is 9.49. The molecule has 106 valence electrons. The summed E-state index contributed by atoms with van der Waals surface area (Å²) in [6.45, 7) is 3.87. The van der Waals surface area contributed by atoms with Crippen molar-refractivity contribution >= 4 is 33.3 Å². The lowest BCUT2D eigenvalue weighted by molar-refractivity contribution is 0.0908. The van der Waals surface area contributed by atoms with Crippen LogP contribution in [-0.2, 0) is 0 Å². The molecule has 0 saturated heterocycles. The fraction of sp³-hybridized carbons (Fsp3) is 0.286. The zero-order valence-corrected chi connectivity index (χ0v) is 13.5. The third-order valence-corrected chi connectivity index (χ3v) is 3.49. The molecule has 0 radical (unpaired) electrons. The van der Waals surface area contributed by atoms with Gasteiger partial charge in [-0.2, -0.15) is 5.10 Å². The first-order valence-corrected chi connectivity index (χ1v) is 7.30. The van der Waals surface area contributed by atoms with Gasteiger partial charge in [-0.1, -0.05) is 17.7 Å². The van der Waals surface area contributed by atoms with E-state index in [2.05, 4.69) is 21.0 Å². The SMILES string of the molecule is CC(C)n1ncc(Br)c1C(=O)COc1cccc(Cl)c1. The topological polar surface area (TPSA) is 44.1 Å². The minimum absolute atomic E-state index is 0.0582. The van der Waals surface area contributed by atoms with E-state index >= 15 is 0 Å². The highest BCUT2D eigenvalue weighted by Gasteiger charge is 2.19. The molecule has 0 bridgehead atoms. The summed E-state index contributed by atoms with van der Waals surface area (Å²) < 4.78 is 7.81. The molecule has 0 spiro atoms. The summed E-state index contributed by atoms with van der Waals surface area (Å²) in [6.07, 6.45) is 1.62. The van der Waals surface area contributed by atoms with Crippen LogP contribution in [0.3, 0.4) is 0 Å². The normalized spacial score (nSPS) is 10.8. The Hall–Kier alpha value is -1.33. The van der Waals surface area contributed by atoms with E-state index in [-0.39, 0.29) is 18.4 Å². The highest BCUT2D eigenvalue weighted by atomic mass is 79.9. The molecule has 0 aliphatic heterocycles. The summed E-state index contributed by atoms with van der Waals surface area (Å²) in [5.74, 6) is 0.431. The van der Waals surface area contributed by atoms with Gasteiger partial charge in [0.1, 0.15) is 11.4 Å². The first-order valence-electron chi connectivity index (χ1n) is 6.13. The molecule has 0 saturated carbocycles. The van der Waals surface area contributed by atoms with Crippen LogP contribution in [0.5, 0.6) is 5.75 Å². The fourth-order valence-electron chi connectivity index (χ4n) is 1.77. The molecule has 0 fully saturated rings. The van der Waals surface area contributed by atoms with Gasteiger partial charge in [0.2, 0.25) is 5.78 Å². The molecule has 0 unspecified atom stereocenters. The molecule has 2 rings (SSSR count). The molecule has 4 nitrogen and oxygen atoms in total. The lowest BCUT2D eigenvalue weighted by atomic mass is 10.2. The second-order valence-electron chi connectivity index (χ2n) is 4.55. The summed E-state index contributed by atoms with van der Waals surface area (Å²) in [5, 5.41) is 4.75. The number of carbonyl (C=O) groups excluding carboxylic acids is 1. The van der Waals surface area contributed by atoms with E-state index < -0.39 is 0 Å². The van der Waals surface area contributed by atoms with E-state index in [0.29, 0.717) is 20.9 Å². The molecule has 2 aromatic rings. The van der Waals surface area contributed by atoms with Crippen molar-refractivity contribution in [1.82, 2.24) is 9.78 Å². The van der Waals surface area contributed by atoms with Gasteiger partial charge in [-0.05, 0) is 48.0 Å². The lowest BCUT2D eigenvalue weighted by Gasteiger charge is -2.11. The third-order valence-electron chi connectivity index (χ3n) is 2.67. The molecule has 0 N–H and O–H groups in total. The van der Waals surface area contributed by atoms with Gasteiger partial charge < -0.3 is 4.74 Å². The van der Waals surface area contributed by atoms with E-state index in [0.717, 1.165) is 0 Å². The Kier molecular flexibility index (Phi) is 4.83. The predicted octanol–water partition coefficient (Wildman–Crippen LogP) is 4.14. The molecule has 1 aromatic carbocycles. The highest BCUT2D eigenvalue weighted by Crippen LogP contribution is 2.21. The van der Waals surface area contributed by atoms with Crippen molar-refractivity contribution in [2.24, 2.45) is 0 Å². The van der Waals surface area contributed by atoms with Crippen molar-refractivity contribution in [2.45, 2.75) is 19.9 Å². The van der Waals surface area contributed by atoms with Crippen molar-refractivity contribution < 1.29 is 9.53 Å². The Labute approximate surface area is 130 Å². The molecule has 1 aromatic heterocycles. The van der Waals surface area contributed by atoms with Crippen molar-refractivity contribution in [3.05, 3.63) is 45.7 Å². The molecule has 20 heavy (non-hydrogen) atoms. The quantitative estimate of drug-likeness (QED) is 0.755. The minimum atomic E-state index is -0.136. The molecule has 6 heteroatoms. The third kappa shape index (κ3) is 3.41. The molecule has 0 aliphatic carbocycles. The van der Waals surface area contributed by atoms with Gasteiger partial charge in [-0.3, -0.25) is 9.48 Å². The highest BCUT2D eigenvalue weighted by molar-refractivity contribution is 9.10. The Morgan fingerprint density at radius 2 is 2.25 bits per heavy atom. The maximum Gasteiger partial charge on any atom is 0.219 e. The standard InChI is InChI=1S/C14H14BrClN2O2/c1-9(2)18-14(12(15)7-17-18)13(19)8-20-11-5-3-4-10(16)6-11/h3-7,9H,8H2,1-2H3. The number of ether oxygens (including phenoxy) is 1. The Morgan fingerprint density at radius 1 is 1.50 bits per heavy atom. The molecule has 1 heterocycles. The van der Waals surface area contributed by atoms with E-state index in [4.69, 9.17) is 16.3 Å². The van der Waals surface area contributed by atoms with Gasteiger partial charge in [-0.25, -0.2) is 0 Å². The van der Waals surface area contributed by atoms with Crippen LogP contribution in [0.15, 0.2) is 34.9 Å². The number of nitrogens with zero attached hydrogens (tertiary/aromatic N) is 2. The molecule has 0 atom stereocenters. The van der Waals surface area contributed by atoms with Gasteiger partial charge in [0.25, 0.3) is 0 Å². The number of carbonyl (C=O) groups is 1. The summed E-state index contributed by atoms with van der Waals surface area (Å²) in [7, 11) is 0. The van der Waals surface area contributed by atoms with Crippen LogP contribution in [0, 0.1) is 0 Å². The summed E-state index contributed by atoms with van der Waals surface area (Å²) in [6, 6.07) is 7.06. The van der Waals surface area contributed by atoms with E-state index in [1.807, 2.05) is 13.8 Å². The van der Waals surface area contributed by atoms with Crippen molar-refractivity contribution in [3.63, 3.8) is 0 Å². The number of hydrogen-bond donors (Lipinski definition) is 0. The Morgan fingerprint density at radius 3 is 2.90 bits per heavy atom. The second kappa shape index (κ2) is 6.41.